The average molecular weight is 454 g/mol. The molecule has 33 heavy (non-hydrogen) atoms. The molecule has 2 heterocycles. The highest BCUT2D eigenvalue weighted by molar-refractivity contribution is 5.95. The number of amides is 2. The van der Waals surface area contributed by atoms with Gasteiger partial charge in [0, 0.05) is 48.2 Å². The minimum atomic E-state index is -4.44. The van der Waals surface area contributed by atoms with Crippen molar-refractivity contribution in [1.29, 1.82) is 0 Å². The van der Waals surface area contributed by atoms with Crippen molar-refractivity contribution in [2.75, 3.05) is 13.1 Å². The molecule has 1 aromatic heterocycles. The standard InChI is InChI=1S/C24H21F3N4O2/c25-24(26,27)20-7-5-17(6-8-20)22(32)30-21-9-11-31(12-10-21)23(33)18-3-1-16(2-4-18)19-13-28-15-29-14-19/h1-8,13-15,21H,9-12H2,(H,30,32). The second-order valence-corrected chi connectivity index (χ2v) is 7.82. The van der Waals surface area contributed by atoms with Crippen LogP contribution in [0.3, 0.4) is 0 Å². The van der Waals surface area contributed by atoms with E-state index in [2.05, 4.69) is 15.3 Å². The first-order valence-corrected chi connectivity index (χ1v) is 10.4. The van der Waals surface area contributed by atoms with E-state index in [-0.39, 0.29) is 17.5 Å². The first kappa shape index (κ1) is 22.4. The molecule has 0 atom stereocenters. The Morgan fingerprint density at radius 1 is 0.848 bits per heavy atom. The summed E-state index contributed by atoms with van der Waals surface area (Å²) in [6, 6.07) is 11.2. The number of nitrogens with one attached hydrogen (secondary N) is 1. The summed E-state index contributed by atoms with van der Waals surface area (Å²) in [6.07, 6.45) is 1.55. The van der Waals surface area contributed by atoms with E-state index in [1.165, 1.54) is 18.5 Å². The van der Waals surface area contributed by atoms with Gasteiger partial charge in [-0.1, -0.05) is 12.1 Å². The van der Waals surface area contributed by atoms with Gasteiger partial charge in [0.1, 0.15) is 6.33 Å². The largest absolute Gasteiger partial charge is 0.416 e. The second-order valence-electron chi connectivity index (χ2n) is 7.82. The number of nitrogens with zero attached hydrogens (tertiary/aromatic N) is 3. The molecule has 3 aromatic rings. The van der Waals surface area contributed by atoms with Crippen molar-refractivity contribution in [2.24, 2.45) is 0 Å². The van der Waals surface area contributed by atoms with Gasteiger partial charge in [0.15, 0.2) is 0 Å². The van der Waals surface area contributed by atoms with Crippen LogP contribution in [-0.4, -0.2) is 45.8 Å². The van der Waals surface area contributed by atoms with Crippen LogP contribution >= 0.6 is 0 Å². The fourth-order valence-electron chi connectivity index (χ4n) is 3.74. The van der Waals surface area contributed by atoms with Crippen LogP contribution in [0.1, 0.15) is 39.1 Å². The number of benzene rings is 2. The van der Waals surface area contributed by atoms with Gasteiger partial charge in [-0.3, -0.25) is 9.59 Å². The zero-order valence-electron chi connectivity index (χ0n) is 17.5. The molecule has 1 N–H and O–H groups in total. The van der Waals surface area contributed by atoms with Crippen LogP contribution in [0.4, 0.5) is 13.2 Å². The highest BCUT2D eigenvalue weighted by atomic mass is 19.4. The first-order chi connectivity index (χ1) is 15.8. The van der Waals surface area contributed by atoms with Crippen LogP contribution in [0.2, 0.25) is 0 Å². The van der Waals surface area contributed by atoms with E-state index in [1.807, 2.05) is 12.1 Å². The van der Waals surface area contributed by atoms with Crippen molar-refractivity contribution in [3.05, 3.63) is 83.9 Å². The molecular weight excluding hydrogens is 433 g/mol. The average Bonchev–Trinajstić information content (AvgIpc) is 2.84. The van der Waals surface area contributed by atoms with Crippen LogP contribution in [0.25, 0.3) is 11.1 Å². The van der Waals surface area contributed by atoms with E-state index in [0.717, 1.165) is 23.3 Å². The maximum Gasteiger partial charge on any atom is 0.416 e. The lowest BCUT2D eigenvalue weighted by Crippen LogP contribution is -2.46. The fourth-order valence-corrected chi connectivity index (χ4v) is 3.74. The molecule has 1 fully saturated rings. The van der Waals surface area contributed by atoms with Crippen molar-refractivity contribution < 1.29 is 22.8 Å². The van der Waals surface area contributed by atoms with Gasteiger partial charge in [-0.2, -0.15) is 13.2 Å². The molecule has 2 amide bonds. The maximum absolute atomic E-state index is 12.8. The minimum absolute atomic E-state index is 0.0848. The van der Waals surface area contributed by atoms with Crippen molar-refractivity contribution in [1.82, 2.24) is 20.2 Å². The number of carbonyl (C=O) groups excluding carboxylic acids is 2. The van der Waals surface area contributed by atoms with E-state index < -0.39 is 17.6 Å². The van der Waals surface area contributed by atoms with Crippen LogP contribution in [0, 0.1) is 0 Å². The molecule has 1 saturated heterocycles. The molecular formula is C24H21F3N4O2. The number of alkyl halides is 3. The van der Waals surface area contributed by atoms with Crippen LogP contribution < -0.4 is 5.32 Å². The van der Waals surface area contributed by atoms with E-state index in [1.54, 1.807) is 29.4 Å². The fraction of sp³-hybridized carbons (Fsp3) is 0.250. The van der Waals surface area contributed by atoms with Gasteiger partial charge in [0.05, 0.1) is 5.56 Å². The zero-order valence-corrected chi connectivity index (χ0v) is 17.5. The molecule has 6 nitrogen and oxygen atoms in total. The first-order valence-electron chi connectivity index (χ1n) is 10.4. The predicted octanol–water partition coefficient (Wildman–Crippen LogP) is 4.20. The summed E-state index contributed by atoms with van der Waals surface area (Å²) >= 11 is 0. The third-order valence-electron chi connectivity index (χ3n) is 5.62. The number of hydrogen-bond acceptors (Lipinski definition) is 4. The molecule has 4 rings (SSSR count). The molecule has 0 saturated carbocycles. The Bertz CT molecular complexity index is 1110. The molecule has 1 aliphatic heterocycles. The quantitative estimate of drug-likeness (QED) is 0.641. The summed E-state index contributed by atoms with van der Waals surface area (Å²) < 4.78 is 38.0. The minimum Gasteiger partial charge on any atom is -0.349 e. The second kappa shape index (κ2) is 9.40. The smallest absolute Gasteiger partial charge is 0.349 e. The van der Waals surface area contributed by atoms with Crippen molar-refractivity contribution in [3.8, 4) is 11.1 Å². The van der Waals surface area contributed by atoms with Gasteiger partial charge in [-0.15, -0.1) is 0 Å². The van der Waals surface area contributed by atoms with E-state index in [0.29, 0.717) is 31.5 Å². The summed E-state index contributed by atoms with van der Waals surface area (Å²) in [7, 11) is 0. The van der Waals surface area contributed by atoms with Crippen LogP contribution in [0.15, 0.2) is 67.3 Å². The summed E-state index contributed by atoms with van der Waals surface area (Å²) in [4.78, 5) is 34.9. The SMILES string of the molecule is O=C(NC1CCN(C(=O)c2ccc(-c3cncnc3)cc2)CC1)c1ccc(C(F)(F)F)cc1. The summed E-state index contributed by atoms with van der Waals surface area (Å²) in [6.45, 7) is 0.955. The van der Waals surface area contributed by atoms with Gasteiger partial charge in [-0.05, 0) is 54.8 Å². The Balaban J connectivity index is 1.30. The molecule has 0 radical (unpaired) electrons. The predicted molar refractivity (Wildman–Crippen MR) is 115 cm³/mol. The highest BCUT2D eigenvalue weighted by Crippen LogP contribution is 2.29. The van der Waals surface area contributed by atoms with E-state index in [9.17, 15) is 22.8 Å². The van der Waals surface area contributed by atoms with Crippen molar-refractivity contribution in [2.45, 2.75) is 25.1 Å². The summed E-state index contributed by atoms with van der Waals surface area (Å²) in [5, 5.41) is 2.85. The Morgan fingerprint density at radius 3 is 2.00 bits per heavy atom. The number of likely N-dealkylation sites (tertiary alicyclic amines) is 1. The molecule has 0 spiro atoms. The monoisotopic (exact) mass is 454 g/mol. The van der Waals surface area contributed by atoms with Gasteiger partial charge >= 0.3 is 6.18 Å². The number of aromatic nitrogens is 2. The number of rotatable bonds is 4. The lowest BCUT2D eigenvalue weighted by atomic mass is 10.0. The Morgan fingerprint density at radius 2 is 1.42 bits per heavy atom. The number of carbonyl (C=O) groups is 2. The van der Waals surface area contributed by atoms with E-state index >= 15 is 0 Å². The highest BCUT2D eigenvalue weighted by Gasteiger charge is 2.30. The Hall–Kier alpha value is -3.75. The summed E-state index contributed by atoms with van der Waals surface area (Å²) in [5.74, 6) is -0.507. The number of piperidine rings is 1. The Kier molecular flexibility index (Phi) is 6.39. The van der Waals surface area contributed by atoms with Crippen LogP contribution in [-0.2, 0) is 6.18 Å². The molecule has 9 heteroatoms. The van der Waals surface area contributed by atoms with Gasteiger partial charge in [0.25, 0.3) is 11.8 Å². The molecule has 1 aliphatic rings. The van der Waals surface area contributed by atoms with Crippen LogP contribution in [0.5, 0.6) is 0 Å². The molecule has 0 bridgehead atoms. The third kappa shape index (κ3) is 5.36. The van der Waals surface area contributed by atoms with Gasteiger partial charge in [-0.25, -0.2) is 9.97 Å². The third-order valence-corrected chi connectivity index (χ3v) is 5.62. The zero-order chi connectivity index (χ0) is 23.4. The lowest BCUT2D eigenvalue weighted by molar-refractivity contribution is -0.137. The lowest BCUT2D eigenvalue weighted by Gasteiger charge is -2.32. The van der Waals surface area contributed by atoms with Gasteiger partial charge in [0.2, 0.25) is 0 Å². The van der Waals surface area contributed by atoms with Crippen molar-refractivity contribution in [3.63, 3.8) is 0 Å². The molecule has 170 valence electrons. The number of hydrogen-bond donors (Lipinski definition) is 1. The van der Waals surface area contributed by atoms with Gasteiger partial charge < -0.3 is 10.2 Å². The normalized spacial score (nSPS) is 14.7. The van der Waals surface area contributed by atoms with Crippen molar-refractivity contribution >= 4 is 11.8 Å². The molecule has 0 unspecified atom stereocenters. The Labute approximate surface area is 188 Å². The molecule has 0 aliphatic carbocycles. The topological polar surface area (TPSA) is 75.2 Å². The number of halogens is 3. The summed E-state index contributed by atoms with van der Waals surface area (Å²) in [5.41, 5.74) is 1.72. The van der Waals surface area contributed by atoms with E-state index in [4.69, 9.17) is 0 Å². The molecule has 2 aromatic carbocycles. The maximum atomic E-state index is 12.8.